The molecular formula is C20H30N6O. The first-order valence-corrected chi connectivity index (χ1v) is 9.96. The fourth-order valence-corrected chi connectivity index (χ4v) is 3.88. The van der Waals surface area contributed by atoms with Gasteiger partial charge in [0.05, 0.1) is 12.6 Å². The number of carbonyl (C=O) groups excluding carboxylic acids is 1. The quantitative estimate of drug-likeness (QED) is 0.853. The van der Waals surface area contributed by atoms with Crippen LogP contribution in [0.4, 0.5) is 5.82 Å². The lowest BCUT2D eigenvalue weighted by Gasteiger charge is -2.35. The van der Waals surface area contributed by atoms with Crippen LogP contribution in [0.15, 0.2) is 6.07 Å². The number of nitrogens with zero attached hydrogens (tertiary/aromatic N) is 5. The van der Waals surface area contributed by atoms with Gasteiger partial charge in [0, 0.05) is 43.9 Å². The Morgan fingerprint density at radius 3 is 2.52 bits per heavy atom. The molecule has 0 atom stereocenters. The van der Waals surface area contributed by atoms with E-state index in [9.17, 15) is 10.1 Å². The van der Waals surface area contributed by atoms with Crippen LogP contribution in [-0.2, 0) is 4.79 Å². The lowest BCUT2D eigenvalue weighted by Crippen LogP contribution is -2.53. The molecule has 1 N–H and O–H groups in total. The summed E-state index contributed by atoms with van der Waals surface area (Å²) in [4.78, 5) is 26.1. The Bertz CT molecular complexity index is 712. The van der Waals surface area contributed by atoms with Crippen LogP contribution in [-0.4, -0.2) is 59.0 Å². The SMILES string of the molecule is Cc1cc(N2CCN(CC(=O)NC3(C#N)CCCC3)CC2)nc(C(C)C)n1. The zero-order valence-electron chi connectivity index (χ0n) is 16.7. The molecule has 1 aromatic rings. The second kappa shape index (κ2) is 8.22. The van der Waals surface area contributed by atoms with Gasteiger partial charge in [-0.25, -0.2) is 9.97 Å². The molecule has 2 fully saturated rings. The van der Waals surface area contributed by atoms with Gasteiger partial charge in [0.1, 0.15) is 17.2 Å². The number of aryl methyl sites for hydroxylation is 1. The Morgan fingerprint density at radius 2 is 1.93 bits per heavy atom. The fraction of sp³-hybridized carbons (Fsp3) is 0.700. The maximum absolute atomic E-state index is 12.4. The van der Waals surface area contributed by atoms with Gasteiger partial charge in [0.2, 0.25) is 5.91 Å². The van der Waals surface area contributed by atoms with Gasteiger partial charge in [-0.15, -0.1) is 0 Å². The summed E-state index contributed by atoms with van der Waals surface area (Å²) in [6.45, 7) is 9.87. The smallest absolute Gasteiger partial charge is 0.235 e. The van der Waals surface area contributed by atoms with Crippen LogP contribution in [0.5, 0.6) is 0 Å². The first-order chi connectivity index (χ1) is 12.9. The molecule has 3 rings (SSSR count). The summed E-state index contributed by atoms with van der Waals surface area (Å²) in [5.74, 6) is 2.12. The summed E-state index contributed by atoms with van der Waals surface area (Å²) >= 11 is 0. The topological polar surface area (TPSA) is 85.1 Å². The number of hydrogen-bond acceptors (Lipinski definition) is 6. The monoisotopic (exact) mass is 370 g/mol. The van der Waals surface area contributed by atoms with E-state index < -0.39 is 5.54 Å². The highest BCUT2D eigenvalue weighted by molar-refractivity contribution is 5.79. The summed E-state index contributed by atoms with van der Waals surface area (Å²) in [6, 6.07) is 4.35. The maximum Gasteiger partial charge on any atom is 0.235 e. The van der Waals surface area contributed by atoms with Gasteiger partial charge in [0.15, 0.2) is 0 Å². The number of carbonyl (C=O) groups is 1. The van der Waals surface area contributed by atoms with Crippen molar-refractivity contribution >= 4 is 11.7 Å². The second-order valence-corrected chi connectivity index (χ2v) is 8.09. The van der Waals surface area contributed by atoms with E-state index in [0.29, 0.717) is 12.5 Å². The number of aromatic nitrogens is 2. The summed E-state index contributed by atoms with van der Waals surface area (Å²) in [5.41, 5.74) is 0.355. The highest BCUT2D eigenvalue weighted by Crippen LogP contribution is 2.28. The predicted molar refractivity (Wildman–Crippen MR) is 104 cm³/mol. The molecule has 146 valence electrons. The molecule has 7 heteroatoms. The number of piperazine rings is 1. The molecule has 0 spiro atoms. The lowest BCUT2D eigenvalue weighted by atomic mass is 10.00. The predicted octanol–water partition coefficient (Wildman–Crippen LogP) is 1.98. The number of anilines is 1. The molecular weight excluding hydrogens is 340 g/mol. The van der Waals surface area contributed by atoms with Crippen molar-refractivity contribution in [3.05, 3.63) is 17.6 Å². The van der Waals surface area contributed by atoms with Crippen molar-refractivity contribution in [2.75, 3.05) is 37.6 Å². The van der Waals surface area contributed by atoms with Crippen molar-refractivity contribution in [2.24, 2.45) is 0 Å². The molecule has 0 aromatic carbocycles. The molecule has 2 aliphatic rings. The molecule has 0 bridgehead atoms. The van der Waals surface area contributed by atoms with Gasteiger partial charge in [-0.1, -0.05) is 13.8 Å². The summed E-state index contributed by atoms with van der Waals surface area (Å²) < 4.78 is 0. The molecule has 1 aromatic heterocycles. The van der Waals surface area contributed by atoms with E-state index in [-0.39, 0.29) is 5.91 Å². The summed E-state index contributed by atoms with van der Waals surface area (Å²) in [7, 11) is 0. The van der Waals surface area contributed by atoms with Crippen molar-refractivity contribution in [1.29, 1.82) is 5.26 Å². The Labute approximate surface area is 161 Å². The molecule has 7 nitrogen and oxygen atoms in total. The van der Waals surface area contributed by atoms with Gasteiger partial charge in [-0.05, 0) is 32.6 Å². The van der Waals surface area contributed by atoms with Gasteiger partial charge in [0.25, 0.3) is 0 Å². The molecule has 2 heterocycles. The minimum atomic E-state index is -0.634. The third-order valence-electron chi connectivity index (χ3n) is 5.49. The van der Waals surface area contributed by atoms with Crippen molar-refractivity contribution < 1.29 is 4.79 Å². The Morgan fingerprint density at radius 1 is 1.26 bits per heavy atom. The van der Waals surface area contributed by atoms with Gasteiger partial charge >= 0.3 is 0 Å². The zero-order chi connectivity index (χ0) is 19.4. The molecule has 1 aliphatic carbocycles. The fourth-order valence-electron chi connectivity index (χ4n) is 3.88. The van der Waals surface area contributed by atoms with E-state index >= 15 is 0 Å². The molecule has 27 heavy (non-hydrogen) atoms. The number of rotatable bonds is 5. The summed E-state index contributed by atoms with van der Waals surface area (Å²) in [6.07, 6.45) is 3.58. The van der Waals surface area contributed by atoms with Gasteiger partial charge in [-0.2, -0.15) is 5.26 Å². The highest BCUT2D eigenvalue weighted by Gasteiger charge is 2.35. The van der Waals surface area contributed by atoms with Gasteiger partial charge < -0.3 is 10.2 Å². The average molecular weight is 371 g/mol. The van der Waals surface area contributed by atoms with Crippen LogP contribution in [0.2, 0.25) is 0 Å². The van der Waals surface area contributed by atoms with Crippen molar-refractivity contribution in [2.45, 2.75) is 57.9 Å². The molecule has 1 saturated carbocycles. The van der Waals surface area contributed by atoms with E-state index in [1.807, 2.05) is 13.0 Å². The third kappa shape index (κ3) is 4.75. The van der Waals surface area contributed by atoms with Crippen LogP contribution in [0, 0.1) is 18.3 Å². The Balaban J connectivity index is 1.53. The Kier molecular flexibility index (Phi) is 5.95. The highest BCUT2D eigenvalue weighted by atomic mass is 16.2. The zero-order valence-corrected chi connectivity index (χ0v) is 16.7. The van der Waals surface area contributed by atoms with Crippen LogP contribution >= 0.6 is 0 Å². The molecule has 0 radical (unpaired) electrons. The normalized spacial score (nSPS) is 19.9. The first-order valence-electron chi connectivity index (χ1n) is 9.96. The largest absolute Gasteiger partial charge is 0.354 e. The number of amides is 1. The van der Waals surface area contributed by atoms with E-state index in [0.717, 1.165) is 69.2 Å². The molecule has 1 saturated heterocycles. The van der Waals surface area contributed by atoms with Crippen LogP contribution in [0.25, 0.3) is 0 Å². The van der Waals surface area contributed by atoms with Crippen molar-refractivity contribution in [3.8, 4) is 6.07 Å². The van der Waals surface area contributed by atoms with E-state index in [4.69, 9.17) is 4.98 Å². The van der Waals surface area contributed by atoms with Crippen molar-refractivity contribution in [1.82, 2.24) is 20.2 Å². The standard InChI is InChI=1S/C20H30N6O/c1-15(2)19-22-16(3)12-17(23-19)26-10-8-25(9-11-26)13-18(27)24-20(14-21)6-4-5-7-20/h12,15H,4-11,13H2,1-3H3,(H,24,27). The lowest BCUT2D eigenvalue weighted by molar-refractivity contribution is -0.123. The van der Waals surface area contributed by atoms with E-state index in [1.54, 1.807) is 0 Å². The average Bonchev–Trinajstić information content (AvgIpc) is 3.10. The van der Waals surface area contributed by atoms with Crippen LogP contribution in [0.3, 0.4) is 0 Å². The van der Waals surface area contributed by atoms with Gasteiger partial charge in [-0.3, -0.25) is 9.69 Å². The molecule has 0 unspecified atom stereocenters. The minimum Gasteiger partial charge on any atom is -0.354 e. The Hall–Kier alpha value is -2.20. The maximum atomic E-state index is 12.4. The second-order valence-electron chi connectivity index (χ2n) is 8.09. The number of nitriles is 1. The van der Waals surface area contributed by atoms with Crippen molar-refractivity contribution in [3.63, 3.8) is 0 Å². The third-order valence-corrected chi connectivity index (χ3v) is 5.49. The molecule has 1 aliphatic heterocycles. The number of nitrogens with one attached hydrogen (secondary N) is 1. The van der Waals surface area contributed by atoms with Crippen LogP contribution in [0.1, 0.15) is 57.0 Å². The first kappa shape index (κ1) is 19.6. The number of hydrogen-bond donors (Lipinski definition) is 1. The van der Waals surface area contributed by atoms with E-state index in [1.165, 1.54) is 0 Å². The molecule has 1 amide bonds. The van der Waals surface area contributed by atoms with Crippen LogP contribution < -0.4 is 10.2 Å². The van der Waals surface area contributed by atoms with E-state index in [2.05, 4.69) is 40.0 Å². The minimum absolute atomic E-state index is 0.0353. The summed E-state index contributed by atoms with van der Waals surface area (Å²) in [5, 5.41) is 12.4.